The molecular weight excluding hydrogens is 186 g/mol. The third-order valence-corrected chi connectivity index (χ3v) is 3.64. The van der Waals surface area contributed by atoms with E-state index in [9.17, 15) is 0 Å². The van der Waals surface area contributed by atoms with Crippen LogP contribution in [0.25, 0.3) is 0 Å². The van der Waals surface area contributed by atoms with Crippen molar-refractivity contribution in [2.75, 3.05) is 26.2 Å². The Hall–Kier alpha value is -0.120. The lowest BCUT2D eigenvalue weighted by Gasteiger charge is -2.19. The molecule has 0 aromatic rings. The van der Waals surface area contributed by atoms with Crippen LogP contribution < -0.4 is 11.1 Å². The molecule has 2 fully saturated rings. The highest BCUT2D eigenvalue weighted by molar-refractivity contribution is 4.87. The van der Waals surface area contributed by atoms with Crippen LogP contribution in [0.5, 0.6) is 0 Å². The second-order valence-electron chi connectivity index (χ2n) is 4.99. The Morgan fingerprint density at radius 1 is 1.13 bits per heavy atom. The number of hydrogen-bond acceptors (Lipinski definition) is 3. The van der Waals surface area contributed by atoms with Gasteiger partial charge in [0.1, 0.15) is 0 Å². The number of rotatable bonds is 5. The normalized spacial score (nSPS) is 29.0. The maximum absolute atomic E-state index is 5.50. The van der Waals surface area contributed by atoms with Crippen molar-refractivity contribution in [1.29, 1.82) is 0 Å². The molecule has 3 nitrogen and oxygen atoms in total. The zero-order chi connectivity index (χ0) is 10.5. The summed E-state index contributed by atoms with van der Waals surface area (Å²) in [6.07, 6.45) is 8.07. The lowest BCUT2D eigenvalue weighted by molar-refractivity contribution is 0.272. The number of nitrogens with two attached hydrogens (primary N) is 1. The third-order valence-electron chi connectivity index (χ3n) is 3.64. The first-order valence-electron chi connectivity index (χ1n) is 6.57. The van der Waals surface area contributed by atoms with Crippen LogP contribution in [0.3, 0.4) is 0 Å². The Labute approximate surface area is 93.4 Å². The van der Waals surface area contributed by atoms with Crippen LogP contribution in [0, 0.1) is 0 Å². The summed E-state index contributed by atoms with van der Waals surface area (Å²) in [4.78, 5) is 2.70. The smallest absolute Gasteiger partial charge is 0.00964 e. The van der Waals surface area contributed by atoms with Gasteiger partial charge in [-0.2, -0.15) is 0 Å². The lowest BCUT2D eigenvalue weighted by atomic mass is 10.1. The SMILES string of the molecule is NCCCNC1CCCN(C2CC2)CC1. The molecule has 1 heterocycles. The van der Waals surface area contributed by atoms with Gasteiger partial charge in [0.05, 0.1) is 0 Å². The molecule has 1 saturated heterocycles. The van der Waals surface area contributed by atoms with Crippen LogP contribution in [-0.2, 0) is 0 Å². The molecule has 1 unspecified atom stereocenters. The second-order valence-corrected chi connectivity index (χ2v) is 4.99. The topological polar surface area (TPSA) is 41.3 Å². The molecule has 3 N–H and O–H groups in total. The van der Waals surface area contributed by atoms with Crippen molar-refractivity contribution in [3.8, 4) is 0 Å². The van der Waals surface area contributed by atoms with E-state index in [-0.39, 0.29) is 0 Å². The van der Waals surface area contributed by atoms with Crippen LogP contribution in [-0.4, -0.2) is 43.2 Å². The summed E-state index contributed by atoms with van der Waals surface area (Å²) in [5.41, 5.74) is 5.50. The molecule has 2 rings (SSSR count). The molecule has 2 aliphatic rings. The lowest BCUT2D eigenvalue weighted by Crippen LogP contribution is -2.32. The maximum Gasteiger partial charge on any atom is 0.00964 e. The van der Waals surface area contributed by atoms with Crippen LogP contribution in [0.1, 0.15) is 38.5 Å². The van der Waals surface area contributed by atoms with Gasteiger partial charge in [-0.15, -0.1) is 0 Å². The summed E-state index contributed by atoms with van der Waals surface area (Å²) in [5, 5.41) is 3.64. The van der Waals surface area contributed by atoms with Gasteiger partial charge in [-0.25, -0.2) is 0 Å². The van der Waals surface area contributed by atoms with Crippen LogP contribution in [0.4, 0.5) is 0 Å². The van der Waals surface area contributed by atoms with Crippen molar-refractivity contribution in [1.82, 2.24) is 10.2 Å². The van der Waals surface area contributed by atoms with Gasteiger partial charge in [0, 0.05) is 12.1 Å². The van der Waals surface area contributed by atoms with E-state index < -0.39 is 0 Å². The zero-order valence-electron chi connectivity index (χ0n) is 9.75. The highest BCUT2D eigenvalue weighted by Crippen LogP contribution is 2.28. The fourth-order valence-electron chi connectivity index (χ4n) is 2.54. The van der Waals surface area contributed by atoms with Gasteiger partial charge < -0.3 is 16.0 Å². The summed E-state index contributed by atoms with van der Waals surface area (Å²) in [6, 6.07) is 1.70. The molecule has 1 aliphatic heterocycles. The van der Waals surface area contributed by atoms with E-state index in [1.807, 2.05) is 0 Å². The Bertz CT molecular complexity index is 180. The largest absolute Gasteiger partial charge is 0.330 e. The fraction of sp³-hybridized carbons (Fsp3) is 1.00. The molecule has 0 spiro atoms. The van der Waals surface area contributed by atoms with E-state index in [1.165, 1.54) is 45.2 Å². The van der Waals surface area contributed by atoms with Gasteiger partial charge in [0.15, 0.2) is 0 Å². The molecule has 0 radical (unpaired) electrons. The van der Waals surface area contributed by atoms with Gasteiger partial charge in [-0.3, -0.25) is 0 Å². The Morgan fingerprint density at radius 2 is 2.00 bits per heavy atom. The minimum absolute atomic E-state index is 0.750. The number of nitrogens with one attached hydrogen (secondary N) is 1. The monoisotopic (exact) mass is 211 g/mol. The molecule has 0 amide bonds. The molecule has 1 aliphatic carbocycles. The molecule has 88 valence electrons. The first-order chi connectivity index (χ1) is 7.40. The predicted molar refractivity (Wildman–Crippen MR) is 63.9 cm³/mol. The minimum atomic E-state index is 0.750. The predicted octanol–water partition coefficient (Wildman–Crippen LogP) is 0.942. The second kappa shape index (κ2) is 5.83. The highest BCUT2D eigenvalue weighted by atomic mass is 15.2. The van der Waals surface area contributed by atoms with Gasteiger partial charge in [0.25, 0.3) is 0 Å². The quantitative estimate of drug-likeness (QED) is 0.665. The summed E-state index contributed by atoms with van der Waals surface area (Å²) >= 11 is 0. The molecule has 0 bridgehead atoms. The van der Waals surface area contributed by atoms with E-state index in [2.05, 4.69) is 10.2 Å². The van der Waals surface area contributed by atoms with Crippen molar-refractivity contribution in [3.05, 3.63) is 0 Å². The summed E-state index contributed by atoms with van der Waals surface area (Å²) in [7, 11) is 0. The fourth-order valence-corrected chi connectivity index (χ4v) is 2.54. The zero-order valence-corrected chi connectivity index (χ0v) is 9.75. The van der Waals surface area contributed by atoms with Gasteiger partial charge in [0.2, 0.25) is 0 Å². The average molecular weight is 211 g/mol. The minimum Gasteiger partial charge on any atom is -0.330 e. The number of likely N-dealkylation sites (tertiary alicyclic amines) is 1. The summed E-state index contributed by atoms with van der Waals surface area (Å²) in [6.45, 7) is 4.56. The van der Waals surface area contributed by atoms with Crippen molar-refractivity contribution < 1.29 is 0 Å². The highest BCUT2D eigenvalue weighted by Gasteiger charge is 2.30. The molecule has 3 heteroatoms. The molecule has 15 heavy (non-hydrogen) atoms. The van der Waals surface area contributed by atoms with E-state index >= 15 is 0 Å². The van der Waals surface area contributed by atoms with Crippen LogP contribution in [0.2, 0.25) is 0 Å². The Morgan fingerprint density at radius 3 is 2.73 bits per heavy atom. The Kier molecular flexibility index (Phi) is 4.42. The summed E-state index contributed by atoms with van der Waals surface area (Å²) in [5.74, 6) is 0. The Balaban J connectivity index is 1.65. The number of nitrogens with zero attached hydrogens (tertiary/aromatic N) is 1. The first kappa shape index (κ1) is 11.4. The van der Waals surface area contributed by atoms with E-state index in [0.717, 1.165) is 31.6 Å². The van der Waals surface area contributed by atoms with Gasteiger partial charge in [-0.1, -0.05) is 0 Å². The molecule has 0 aromatic carbocycles. The summed E-state index contributed by atoms with van der Waals surface area (Å²) < 4.78 is 0. The molecule has 0 aromatic heterocycles. The maximum atomic E-state index is 5.50. The standard InChI is InChI=1S/C12H25N3/c13-7-2-8-14-11-3-1-9-15(10-6-11)12-4-5-12/h11-12,14H,1-10,13H2. The van der Waals surface area contributed by atoms with Crippen LogP contribution >= 0.6 is 0 Å². The average Bonchev–Trinajstić information content (AvgIpc) is 3.04. The van der Waals surface area contributed by atoms with Gasteiger partial charge in [-0.05, 0) is 64.7 Å². The van der Waals surface area contributed by atoms with E-state index in [4.69, 9.17) is 5.73 Å². The van der Waals surface area contributed by atoms with E-state index in [0.29, 0.717) is 0 Å². The third kappa shape index (κ3) is 3.74. The van der Waals surface area contributed by atoms with Crippen molar-refractivity contribution in [2.45, 2.75) is 50.6 Å². The van der Waals surface area contributed by atoms with Crippen molar-refractivity contribution in [3.63, 3.8) is 0 Å². The number of hydrogen-bond donors (Lipinski definition) is 2. The van der Waals surface area contributed by atoms with E-state index in [1.54, 1.807) is 0 Å². The van der Waals surface area contributed by atoms with Crippen molar-refractivity contribution in [2.24, 2.45) is 5.73 Å². The molecule has 1 saturated carbocycles. The van der Waals surface area contributed by atoms with Crippen molar-refractivity contribution >= 4 is 0 Å². The first-order valence-corrected chi connectivity index (χ1v) is 6.57. The molecule has 1 atom stereocenters. The van der Waals surface area contributed by atoms with Gasteiger partial charge >= 0.3 is 0 Å². The molecular formula is C12H25N3. The van der Waals surface area contributed by atoms with Crippen LogP contribution in [0.15, 0.2) is 0 Å².